The number of piperazine rings is 1. The summed E-state index contributed by atoms with van der Waals surface area (Å²) in [6.45, 7) is 4.91. The second kappa shape index (κ2) is 8.99. The van der Waals surface area contributed by atoms with Crippen molar-refractivity contribution in [2.75, 3.05) is 37.7 Å². The van der Waals surface area contributed by atoms with Gasteiger partial charge in [0, 0.05) is 45.0 Å². The number of hydrogen-bond acceptors (Lipinski definition) is 6. The van der Waals surface area contributed by atoms with Crippen LogP contribution in [0.3, 0.4) is 0 Å². The zero-order valence-corrected chi connectivity index (χ0v) is 17.7. The third-order valence-corrected chi connectivity index (χ3v) is 5.36. The number of hydrogen-bond donors (Lipinski definition) is 0. The Morgan fingerprint density at radius 1 is 1.00 bits per heavy atom. The first-order valence-corrected chi connectivity index (χ1v) is 10.3. The van der Waals surface area contributed by atoms with Crippen LogP contribution in [-0.2, 0) is 7.05 Å². The van der Waals surface area contributed by atoms with Crippen LogP contribution in [-0.4, -0.2) is 58.4 Å². The number of rotatable bonds is 5. The number of amides is 1. The van der Waals surface area contributed by atoms with Crippen molar-refractivity contribution in [1.29, 1.82) is 0 Å². The lowest BCUT2D eigenvalue weighted by Gasteiger charge is -2.35. The summed E-state index contributed by atoms with van der Waals surface area (Å²) in [7, 11) is 1.65. The average molecular weight is 419 g/mol. The van der Waals surface area contributed by atoms with Crippen LogP contribution in [0.25, 0.3) is 11.3 Å². The maximum absolute atomic E-state index is 12.7. The second-order valence-electron chi connectivity index (χ2n) is 7.35. The molecule has 1 fully saturated rings. The van der Waals surface area contributed by atoms with Crippen molar-refractivity contribution in [1.82, 2.24) is 19.7 Å². The number of carbonyl (C=O) groups excluding carboxylic acids is 1. The first-order chi connectivity index (χ1) is 15.1. The van der Waals surface area contributed by atoms with Gasteiger partial charge in [-0.3, -0.25) is 9.59 Å². The molecule has 3 heterocycles. The quantitative estimate of drug-likeness (QED) is 0.631. The Hall–Kier alpha value is -3.68. The van der Waals surface area contributed by atoms with Crippen molar-refractivity contribution >= 4 is 11.7 Å². The molecule has 0 unspecified atom stereocenters. The first kappa shape index (κ1) is 20.6. The van der Waals surface area contributed by atoms with Crippen molar-refractivity contribution in [2.24, 2.45) is 7.05 Å². The maximum Gasteiger partial charge on any atom is 0.263 e. The number of ether oxygens (including phenoxy) is 1. The van der Waals surface area contributed by atoms with E-state index in [0.29, 0.717) is 32.8 Å². The van der Waals surface area contributed by atoms with Gasteiger partial charge in [-0.25, -0.2) is 0 Å². The summed E-state index contributed by atoms with van der Waals surface area (Å²) < 4.78 is 6.89. The zero-order chi connectivity index (χ0) is 21.8. The molecule has 4 rings (SSSR count). The Morgan fingerprint density at radius 3 is 2.39 bits per heavy atom. The van der Waals surface area contributed by atoms with Gasteiger partial charge in [0.05, 0.1) is 12.3 Å². The molecular formula is C23H25N5O3. The summed E-state index contributed by atoms with van der Waals surface area (Å²) in [5, 5.41) is 8.74. The highest BCUT2D eigenvalue weighted by Crippen LogP contribution is 2.22. The van der Waals surface area contributed by atoms with E-state index in [4.69, 9.17) is 4.74 Å². The summed E-state index contributed by atoms with van der Waals surface area (Å²) in [6, 6.07) is 15.0. The van der Waals surface area contributed by atoms with Crippen molar-refractivity contribution in [3.8, 4) is 17.0 Å². The molecule has 31 heavy (non-hydrogen) atoms. The molecule has 0 radical (unpaired) electrons. The third kappa shape index (κ3) is 4.42. The largest absolute Gasteiger partial charge is 0.494 e. The van der Waals surface area contributed by atoms with E-state index in [9.17, 15) is 9.59 Å². The summed E-state index contributed by atoms with van der Waals surface area (Å²) >= 11 is 0. The van der Waals surface area contributed by atoms with E-state index < -0.39 is 0 Å². The van der Waals surface area contributed by atoms with Crippen LogP contribution in [0.2, 0.25) is 0 Å². The Kier molecular flexibility index (Phi) is 5.97. The molecule has 1 amide bonds. The minimum Gasteiger partial charge on any atom is -0.494 e. The molecule has 1 saturated heterocycles. The highest BCUT2D eigenvalue weighted by molar-refractivity contribution is 5.94. The molecule has 1 aromatic carbocycles. The standard InChI is InChI=1S/C23H25N5O3/c1-3-31-18-8-6-17(7-9-18)20-10-11-21(25-24-20)27-13-15-28(16-14-27)23(30)19-5-4-12-26(2)22(19)29/h4-12H,3,13-16H2,1-2H3. The fraction of sp³-hybridized carbons (Fsp3) is 0.304. The molecular weight excluding hydrogens is 394 g/mol. The van der Waals surface area contributed by atoms with E-state index in [0.717, 1.165) is 22.8 Å². The molecule has 8 heteroatoms. The van der Waals surface area contributed by atoms with Crippen molar-refractivity contribution in [3.05, 3.63) is 70.6 Å². The number of nitrogens with zero attached hydrogens (tertiary/aromatic N) is 5. The minimum atomic E-state index is -0.273. The first-order valence-electron chi connectivity index (χ1n) is 10.3. The van der Waals surface area contributed by atoms with Crippen molar-refractivity contribution < 1.29 is 9.53 Å². The molecule has 160 valence electrons. The summed E-state index contributed by atoms with van der Waals surface area (Å²) in [5.74, 6) is 1.38. The predicted octanol–water partition coefficient (Wildman–Crippen LogP) is 2.20. The second-order valence-corrected chi connectivity index (χ2v) is 7.35. The van der Waals surface area contributed by atoms with Gasteiger partial charge in [-0.2, -0.15) is 0 Å². The average Bonchev–Trinajstić information content (AvgIpc) is 2.81. The molecule has 0 bridgehead atoms. The Balaban J connectivity index is 1.39. The van der Waals surface area contributed by atoms with Gasteiger partial charge >= 0.3 is 0 Å². The van der Waals surface area contributed by atoms with Crippen LogP contribution >= 0.6 is 0 Å². The van der Waals surface area contributed by atoms with E-state index in [2.05, 4.69) is 15.1 Å². The lowest BCUT2D eigenvalue weighted by Crippen LogP contribution is -2.50. The molecule has 0 spiro atoms. The third-order valence-electron chi connectivity index (χ3n) is 5.36. The number of anilines is 1. The van der Waals surface area contributed by atoms with Crippen LogP contribution in [0.15, 0.2) is 59.5 Å². The van der Waals surface area contributed by atoms with E-state index in [-0.39, 0.29) is 17.0 Å². The number of aromatic nitrogens is 3. The zero-order valence-electron chi connectivity index (χ0n) is 17.7. The van der Waals surface area contributed by atoms with Crippen LogP contribution in [0.1, 0.15) is 17.3 Å². The van der Waals surface area contributed by atoms with E-state index >= 15 is 0 Å². The lowest BCUT2D eigenvalue weighted by atomic mass is 10.1. The van der Waals surface area contributed by atoms with E-state index in [1.54, 1.807) is 30.3 Å². The van der Waals surface area contributed by atoms with E-state index in [1.165, 1.54) is 4.57 Å². The Labute approximate surface area is 180 Å². The topological polar surface area (TPSA) is 80.6 Å². The van der Waals surface area contributed by atoms with Crippen LogP contribution < -0.4 is 15.2 Å². The Bertz CT molecular complexity index is 1100. The molecule has 8 nitrogen and oxygen atoms in total. The van der Waals surface area contributed by atoms with Gasteiger partial charge in [0.15, 0.2) is 5.82 Å². The van der Waals surface area contributed by atoms with Gasteiger partial charge in [0.2, 0.25) is 0 Å². The number of aryl methyl sites for hydroxylation is 1. The fourth-order valence-corrected chi connectivity index (χ4v) is 3.61. The van der Waals surface area contributed by atoms with Crippen LogP contribution in [0, 0.1) is 0 Å². The maximum atomic E-state index is 12.7. The summed E-state index contributed by atoms with van der Waals surface area (Å²) in [5.41, 5.74) is 1.70. The normalized spacial score (nSPS) is 13.9. The molecule has 0 atom stereocenters. The van der Waals surface area contributed by atoms with Gasteiger partial charge in [-0.15, -0.1) is 10.2 Å². The fourth-order valence-electron chi connectivity index (χ4n) is 3.61. The Morgan fingerprint density at radius 2 is 1.74 bits per heavy atom. The highest BCUT2D eigenvalue weighted by Gasteiger charge is 2.24. The van der Waals surface area contributed by atoms with Gasteiger partial charge < -0.3 is 19.1 Å². The van der Waals surface area contributed by atoms with Gasteiger partial charge in [0.25, 0.3) is 11.5 Å². The summed E-state index contributed by atoms with van der Waals surface area (Å²) in [6.07, 6.45) is 1.65. The molecule has 2 aromatic heterocycles. The molecule has 3 aromatic rings. The smallest absolute Gasteiger partial charge is 0.263 e. The van der Waals surface area contributed by atoms with Crippen molar-refractivity contribution in [3.63, 3.8) is 0 Å². The molecule has 0 aliphatic carbocycles. The van der Waals surface area contributed by atoms with Crippen LogP contribution in [0.4, 0.5) is 5.82 Å². The molecule has 1 aliphatic heterocycles. The molecule has 0 N–H and O–H groups in total. The monoisotopic (exact) mass is 419 g/mol. The lowest BCUT2D eigenvalue weighted by molar-refractivity contribution is 0.0744. The van der Waals surface area contributed by atoms with Gasteiger partial charge in [-0.05, 0) is 55.5 Å². The number of pyridine rings is 1. The number of carbonyl (C=O) groups is 1. The van der Waals surface area contributed by atoms with Crippen LogP contribution in [0.5, 0.6) is 5.75 Å². The molecule has 1 aliphatic rings. The number of benzene rings is 1. The van der Waals surface area contributed by atoms with Gasteiger partial charge in [0.1, 0.15) is 11.3 Å². The van der Waals surface area contributed by atoms with E-state index in [1.807, 2.05) is 43.3 Å². The predicted molar refractivity (Wildman–Crippen MR) is 118 cm³/mol. The SMILES string of the molecule is CCOc1ccc(-c2ccc(N3CCN(C(=O)c4cccn(C)c4=O)CC3)nn2)cc1. The minimum absolute atomic E-state index is 0.206. The highest BCUT2D eigenvalue weighted by atomic mass is 16.5. The van der Waals surface area contributed by atoms with Gasteiger partial charge in [-0.1, -0.05) is 0 Å². The molecule has 0 saturated carbocycles. The van der Waals surface area contributed by atoms with Crippen molar-refractivity contribution in [2.45, 2.75) is 6.92 Å². The summed E-state index contributed by atoms with van der Waals surface area (Å²) in [4.78, 5) is 28.8.